The third kappa shape index (κ3) is 2.07. The smallest absolute Gasteiger partial charge is 0.0459 e. The Balaban J connectivity index is 1.95. The van der Waals surface area contributed by atoms with Crippen LogP contribution in [0.1, 0.15) is 57.8 Å². The molecule has 1 atom stereocenters. The first-order valence-electron chi connectivity index (χ1n) is 5.96. The Hall–Kier alpha value is -0.0400. The normalized spacial score (nSPS) is 33.5. The predicted molar refractivity (Wildman–Crippen MR) is 54.6 cm³/mol. The van der Waals surface area contributed by atoms with E-state index in [1.165, 1.54) is 57.8 Å². The summed E-state index contributed by atoms with van der Waals surface area (Å²) in [6.45, 7) is 0.432. The second-order valence-electron chi connectivity index (χ2n) is 5.21. The number of hydrogen-bond donors (Lipinski definition) is 1. The van der Waals surface area contributed by atoms with Crippen molar-refractivity contribution in [1.82, 2.24) is 0 Å². The molecule has 0 unspecified atom stereocenters. The van der Waals surface area contributed by atoms with Gasteiger partial charge in [0.25, 0.3) is 0 Å². The maximum atomic E-state index is 9.21. The maximum Gasteiger partial charge on any atom is 0.0459 e. The van der Waals surface area contributed by atoms with Gasteiger partial charge in [0, 0.05) is 6.61 Å². The van der Waals surface area contributed by atoms with Crippen molar-refractivity contribution in [3.05, 3.63) is 0 Å². The second kappa shape index (κ2) is 4.00. The summed E-state index contributed by atoms with van der Waals surface area (Å²) in [5.41, 5.74) is 0.671. The van der Waals surface area contributed by atoms with Crippen molar-refractivity contribution in [2.24, 2.45) is 11.3 Å². The highest BCUT2D eigenvalue weighted by Gasteiger charge is 2.36. The van der Waals surface area contributed by atoms with Gasteiger partial charge in [0.2, 0.25) is 0 Å². The summed E-state index contributed by atoms with van der Waals surface area (Å²) < 4.78 is 0. The van der Waals surface area contributed by atoms with Crippen LogP contribution in [0.5, 0.6) is 0 Å². The average Bonchev–Trinajstić information content (AvgIpc) is 2.19. The minimum atomic E-state index is 0.432. The van der Waals surface area contributed by atoms with E-state index in [1.807, 2.05) is 0 Å². The molecule has 2 aliphatic rings. The quantitative estimate of drug-likeness (QED) is 0.660. The SMILES string of the molecule is OC[C@H]1CCCC2(CCCCC2)C1. The molecule has 0 heterocycles. The minimum absolute atomic E-state index is 0.432. The lowest BCUT2D eigenvalue weighted by Crippen LogP contribution is -2.32. The fourth-order valence-electron chi connectivity index (χ4n) is 3.49. The Morgan fingerprint density at radius 3 is 2.38 bits per heavy atom. The molecule has 0 amide bonds. The van der Waals surface area contributed by atoms with Gasteiger partial charge < -0.3 is 5.11 Å². The van der Waals surface area contributed by atoms with E-state index in [9.17, 15) is 5.11 Å². The molecule has 0 saturated heterocycles. The van der Waals surface area contributed by atoms with Crippen molar-refractivity contribution in [2.75, 3.05) is 6.61 Å². The van der Waals surface area contributed by atoms with E-state index in [1.54, 1.807) is 0 Å². The second-order valence-corrected chi connectivity index (χ2v) is 5.21. The fourth-order valence-corrected chi connectivity index (χ4v) is 3.49. The molecule has 1 nitrogen and oxygen atoms in total. The highest BCUT2D eigenvalue weighted by molar-refractivity contribution is 4.88. The van der Waals surface area contributed by atoms with Gasteiger partial charge in [-0.15, -0.1) is 0 Å². The number of rotatable bonds is 1. The zero-order valence-electron chi connectivity index (χ0n) is 8.60. The zero-order valence-corrected chi connectivity index (χ0v) is 8.60. The Bertz CT molecular complexity index is 153. The first-order valence-corrected chi connectivity index (χ1v) is 5.96. The standard InChI is InChI=1S/C12H22O/c13-10-11-5-4-8-12(9-11)6-2-1-3-7-12/h11,13H,1-10H2/t11-/m0/s1. The number of hydrogen-bond acceptors (Lipinski definition) is 1. The molecule has 2 aliphatic carbocycles. The Labute approximate surface area is 81.5 Å². The fraction of sp³-hybridized carbons (Fsp3) is 1.00. The molecule has 0 aromatic carbocycles. The summed E-state index contributed by atoms with van der Waals surface area (Å²) in [4.78, 5) is 0. The molecule has 0 aromatic rings. The molecule has 13 heavy (non-hydrogen) atoms. The predicted octanol–water partition coefficient (Wildman–Crippen LogP) is 3.12. The lowest BCUT2D eigenvalue weighted by Gasteiger charge is -2.43. The summed E-state index contributed by atoms with van der Waals surface area (Å²) in [6, 6.07) is 0. The lowest BCUT2D eigenvalue weighted by atomic mass is 9.63. The van der Waals surface area contributed by atoms with E-state index in [2.05, 4.69) is 0 Å². The van der Waals surface area contributed by atoms with Crippen LogP contribution in [0.3, 0.4) is 0 Å². The van der Waals surface area contributed by atoms with E-state index in [0.717, 1.165) is 0 Å². The van der Waals surface area contributed by atoms with E-state index in [0.29, 0.717) is 17.9 Å². The third-order valence-corrected chi connectivity index (χ3v) is 4.21. The van der Waals surface area contributed by atoms with E-state index >= 15 is 0 Å². The van der Waals surface area contributed by atoms with Crippen LogP contribution in [0, 0.1) is 11.3 Å². The summed E-state index contributed by atoms with van der Waals surface area (Å²) in [6.07, 6.45) is 12.6. The van der Waals surface area contributed by atoms with E-state index in [4.69, 9.17) is 0 Å². The molecule has 1 N–H and O–H groups in total. The summed E-state index contributed by atoms with van der Waals surface area (Å²) in [5, 5.41) is 9.21. The van der Waals surface area contributed by atoms with Crippen LogP contribution in [0.2, 0.25) is 0 Å². The van der Waals surface area contributed by atoms with Crippen molar-refractivity contribution < 1.29 is 5.11 Å². The molecule has 0 aliphatic heterocycles. The first-order chi connectivity index (χ1) is 6.35. The third-order valence-electron chi connectivity index (χ3n) is 4.21. The largest absolute Gasteiger partial charge is 0.396 e. The molecule has 2 rings (SSSR count). The van der Waals surface area contributed by atoms with Crippen LogP contribution < -0.4 is 0 Å². The van der Waals surface area contributed by atoms with Gasteiger partial charge in [0.05, 0.1) is 0 Å². The molecule has 1 spiro atoms. The number of aliphatic hydroxyl groups excluding tert-OH is 1. The molecule has 0 radical (unpaired) electrons. The van der Waals surface area contributed by atoms with Gasteiger partial charge in [0.1, 0.15) is 0 Å². The topological polar surface area (TPSA) is 20.2 Å². The average molecular weight is 182 g/mol. The van der Waals surface area contributed by atoms with Gasteiger partial charge in [-0.05, 0) is 43.4 Å². The van der Waals surface area contributed by atoms with Crippen LogP contribution in [-0.2, 0) is 0 Å². The summed E-state index contributed by atoms with van der Waals surface area (Å²) >= 11 is 0. The Morgan fingerprint density at radius 1 is 1.00 bits per heavy atom. The number of aliphatic hydroxyl groups is 1. The van der Waals surface area contributed by atoms with Crippen molar-refractivity contribution in [2.45, 2.75) is 57.8 Å². The zero-order chi connectivity index (χ0) is 9.15. The molecule has 0 aromatic heterocycles. The first kappa shape index (κ1) is 9.51. The van der Waals surface area contributed by atoms with Gasteiger partial charge >= 0.3 is 0 Å². The van der Waals surface area contributed by atoms with Crippen LogP contribution in [0.15, 0.2) is 0 Å². The lowest BCUT2D eigenvalue weighted by molar-refractivity contribution is 0.0604. The van der Waals surface area contributed by atoms with Crippen LogP contribution in [0.4, 0.5) is 0 Å². The molecule has 1 heteroatoms. The molecule has 2 saturated carbocycles. The van der Waals surface area contributed by atoms with Gasteiger partial charge in [-0.2, -0.15) is 0 Å². The summed E-state index contributed by atoms with van der Waals surface area (Å²) in [5.74, 6) is 0.631. The van der Waals surface area contributed by atoms with E-state index in [-0.39, 0.29) is 0 Å². The Morgan fingerprint density at radius 2 is 1.69 bits per heavy atom. The van der Waals surface area contributed by atoms with Crippen molar-refractivity contribution >= 4 is 0 Å². The van der Waals surface area contributed by atoms with Crippen molar-refractivity contribution in [3.63, 3.8) is 0 Å². The molecular formula is C12H22O. The van der Waals surface area contributed by atoms with Crippen LogP contribution >= 0.6 is 0 Å². The Kier molecular flexibility index (Phi) is 2.92. The van der Waals surface area contributed by atoms with Gasteiger partial charge in [-0.1, -0.05) is 25.7 Å². The molecule has 2 fully saturated rings. The van der Waals surface area contributed by atoms with Gasteiger partial charge in [0.15, 0.2) is 0 Å². The van der Waals surface area contributed by atoms with Crippen molar-refractivity contribution in [3.8, 4) is 0 Å². The monoisotopic (exact) mass is 182 g/mol. The maximum absolute atomic E-state index is 9.21. The highest BCUT2D eigenvalue weighted by Crippen LogP contribution is 2.48. The van der Waals surface area contributed by atoms with Gasteiger partial charge in [-0.25, -0.2) is 0 Å². The van der Waals surface area contributed by atoms with Crippen molar-refractivity contribution in [1.29, 1.82) is 0 Å². The van der Waals surface area contributed by atoms with Crippen LogP contribution in [-0.4, -0.2) is 11.7 Å². The van der Waals surface area contributed by atoms with Gasteiger partial charge in [-0.3, -0.25) is 0 Å². The van der Waals surface area contributed by atoms with Crippen LogP contribution in [0.25, 0.3) is 0 Å². The molecule has 76 valence electrons. The van der Waals surface area contributed by atoms with E-state index < -0.39 is 0 Å². The molecule has 0 bridgehead atoms. The molecular weight excluding hydrogens is 160 g/mol. The summed E-state index contributed by atoms with van der Waals surface area (Å²) in [7, 11) is 0. The minimum Gasteiger partial charge on any atom is -0.396 e. The highest BCUT2D eigenvalue weighted by atomic mass is 16.3.